The minimum atomic E-state index is -0.856. The third-order valence-electron chi connectivity index (χ3n) is 12.5. The number of hydrogen-bond donors (Lipinski definition) is 1. The van der Waals surface area contributed by atoms with Crippen LogP contribution in [0.3, 0.4) is 0 Å². The molecule has 0 unspecified atom stereocenters. The summed E-state index contributed by atoms with van der Waals surface area (Å²) in [6.45, 7) is 11.7. The number of imidazole rings is 2. The van der Waals surface area contributed by atoms with E-state index in [4.69, 9.17) is 14.4 Å². The Balaban J connectivity index is 1.13. The van der Waals surface area contributed by atoms with Gasteiger partial charge in [0.25, 0.3) is 11.9 Å². The zero-order chi connectivity index (χ0) is 41.4. The molecule has 7 heterocycles. The lowest BCUT2D eigenvalue weighted by atomic mass is 9.88. The molecule has 2 aromatic carbocycles. The Labute approximate surface area is 335 Å². The van der Waals surface area contributed by atoms with E-state index in [1.54, 1.807) is 42.6 Å². The van der Waals surface area contributed by atoms with Crippen LogP contribution in [0.2, 0.25) is 0 Å². The van der Waals surface area contributed by atoms with Gasteiger partial charge in [-0.15, -0.1) is 0 Å². The van der Waals surface area contributed by atoms with Crippen LogP contribution in [0.25, 0.3) is 28.2 Å². The first kappa shape index (κ1) is 36.9. The van der Waals surface area contributed by atoms with Gasteiger partial charge in [0.1, 0.15) is 22.9 Å². The van der Waals surface area contributed by atoms with Gasteiger partial charge >= 0.3 is 11.4 Å². The Morgan fingerprint density at radius 1 is 0.983 bits per heavy atom. The average molecular weight is 805 g/mol. The first-order chi connectivity index (χ1) is 28.1. The number of carbonyl (C=O) groups excluding carboxylic acids is 1. The SMILES string of the molecule is Cc1cc(-n2nc3c(c2-n2ccn(-c4c(F)ncn4C)c2=O)[C@H](C)N(C(=O)c2cc4cc([C@@H]5CC(C)(C)O5)ccc4n2[C@@]2(c4noc(=O)[nH]4)C[C@@H]2C)CC3)cc(C)c1F. The van der Waals surface area contributed by atoms with Crippen molar-refractivity contribution < 1.29 is 22.8 Å². The third-order valence-corrected chi connectivity index (χ3v) is 12.5. The number of H-pyrrole nitrogens is 1. The van der Waals surface area contributed by atoms with Gasteiger partial charge in [0, 0.05) is 55.3 Å². The number of aryl methyl sites for hydroxylation is 3. The fourth-order valence-corrected chi connectivity index (χ4v) is 9.50. The number of halogens is 2. The van der Waals surface area contributed by atoms with Crippen LogP contribution in [0.1, 0.15) is 96.9 Å². The molecule has 0 bridgehead atoms. The Hall–Kier alpha value is -6.36. The van der Waals surface area contributed by atoms with Gasteiger partial charge in [-0.1, -0.05) is 18.1 Å². The number of hydrogen-bond acceptors (Lipinski definition) is 8. The average Bonchev–Trinajstić information content (AvgIpc) is 3.78. The molecule has 3 aliphatic rings. The van der Waals surface area contributed by atoms with Crippen molar-refractivity contribution in [3.63, 3.8) is 0 Å². The van der Waals surface area contributed by atoms with E-state index >= 15 is 4.79 Å². The maximum atomic E-state index is 15.3. The predicted molar refractivity (Wildman–Crippen MR) is 210 cm³/mol. The third kappa shape index (κ3) is 5.39. The van der Waals surface area contributed by atoms with Crippen LogP contribution in [-0.2, 0) is 23.7 Å². The summed E-state index contributed by atoms with van der Waals surface area (Å²) >= 11 is 0. The summed E-state index contributed by atoms with van der Waals surface area (Å²) in [5.41, 5.74) is 3.09. The van der Waals surface area contributed by atoms with Gasteiger partial charge in [-0.2, -0.15) is 9.49 Å². The second kappa shape index (κ2) is 12.6. The quantitative estimate of drug-likeness (QED) is 0.210. The summed E-state index contributed by atoms with van der Waals surface area (Å²) in [4.78, 5) is 50.2. The van der Waals surface area contributed by atoms with Crippen molar-refractivity contribution in [1.29, 1.82) is 0 Å². The molecule has 59 heavy (non-hydrogen) atoms. The highest BCUT2D eigenvalue weighted by molar-refractivity contribution is 6.00. The number of fused-ring (bicyclic) bond motifs is 2. The molecule has 17 heteroatoms. The van der Waals surface area contributed by atoms with Gasteiger partial charge in [0.2, 0.25) is 0 Å². The number of ether oxygens (including phenoxy) is 1. The molecule has 2 aliphatic heterocycles. The number of aromatic nitrogens is 9. The first-order valence-electron chi connectivity index (χ1n) is 19.7. The highest BCUT2D eigenvalue weighted by atomic mass is 19.1. The zero-order valence-electron chi connectivity index (χ0n) is 33.6. The van der Waals surface area contributed by atoms with Gasteiger partial charge in [0.05, 0.1) is 35.5 Å². The number of amides is 1. The molecule has 1 saturated heterocycles. The normalized spacial score (nSPS) is 22.2. The second-order valence-corrected chi connectivity index (χ2v) is 16.9. The first-order valence-corrected chi connectivity index (χ1v) is 19.7. The molecule has 1 N–H and O–H groups in total. The molecule has 5 aromatic heterocycles. The fraction of sp³-hybridized carbons (Fsp3) is 0.381. The van der Waals surface area contributed by atoms with Gasteiger partial charge in [-0.3, -0.25) is 18.9 Å². The monoisotopic (exact) mass is 804 g/mol. The van der Waals surface area contributed by atoms with Crippen molar-refractivity contribution in [3.8, 4) is 17.3 Å². The summed E-state index contributed by atoms with van der Waals surface area (Å²) in [6.07, 6.45) is 5.99. The summed E-state index contributed by atoms with van der Waals surface area (Å²) in [7, 11) is 1.59. The fourth-order valence-electron chi connectivity index (χ4n) is 9.50. The summed E-state index contributed by atoms with van der Waals surface area (Å²) in [6, 6.07) is 10.7. The molecule has 1 amide bonds. The molecule has 4 atom stereocenters. The Kier molecular flexibility index (Phi) is 7.87. The second-order valence-electron chi connectivity index (χ2n) is 16.9. The number of benzene rings is 2. The largest absolute Gasteiger partial charge is 0.438 e. The maximum Gasteiger partial charge on any atom is 0.438 e. The van der Waals surface area contributed by atoms with Crippen molar-refractivity contribution in [2.45, 2.75) is 84.1 Å². The van der Waals surface area contributed by atoms with E-state index < -0.39 is 29.0 Å². The standard InChI is InChI=1S/C42H42F2N10O5/c1-21-14-27(15-22(2)33(21)43)54-35(51-12-13-52(40(51)57)36-34(44)45-20-49(36)7)32-24(4)50(11-10-28(32)47-54)37(55)30-17-26-16-25(31-19-41(5,6)58-31)8-9-29(26)53(30)42(18-23(42)3)38-46-39(56)59-48-38/h8-9,12-17,20,23-24,31H,10-11,18-19H2,1-7H3,(H,46,48,56)/t23-,24-,31-,42-/m0/s1. The maximum absolute atomic E-state index is 15.3. The molecule has 304 valence electrons. The number of carbonyl (C=O) groups is 1. The van der Waals surface area contributed by atoms with Crippen LogP contribution in [0, 0.1) is 31.5 Å². The highest BCUT2D eigenvalue weighted by Crippen LogP contribution is 2.56. The van der Waals surface area contributed by atoms with E-state index in [-0.39, 0.29) is 35.2 Å². The number of nitrogens with one attached hydrogen (secondary N) is 1. The minimum Gasteiger partial charge on any atom is -0.367 e. The number of rotatable bonds is 7. The molecule has 2 fully saturated rings. The molecule has 0 radical (unpaired) electrons. The smallest absolute Gasteiger partial charge is 0.367 e. The predicted octanol–water partition coefficient (Wildman–Crippen LogP) is 5.86. The van der Waals surface area contributed by atoms with E-state index in [1.165, 1.54) is 27.9 Å². The molecule has 7 aromatic rings. The molecular formula is C42H42F2N10O5. The molecule has 1 aliphatic carbocycles. The van der Waals surface area contributed by atoms with E-state index in [2.05, 4.69) is 35.0 Å². The number of nitrogens with zero attached hydrogens (tertiary/aromatic N) is 9. The van der Waals surface area contributed by atoms with Crippen LogP contribution >= 0.6 is 0 Å². The molecule has 15 nitrogen and oxygen atoms in total. The minimum absolute atomic E-state index is 0.00106. The lowest BCUT2D eigenvalue weighted by molar-refractivity contribution is -0.187. The van der Waals surface area contributed by atoms with E-state index in [0.717, 1.165) is 27.5 Å². The Morgan fingerprint density at radius 2 is 1.68 bits per heavy atom. The lowest BCUT2D eigenvalue weighted by Gasteiger charge is -2.43. The van der Waals surface area contributed by atoms with Crippen LogP contribution in [0.5, 0.6) is 0 Å². The zero-order valence-corrected chi connectivity index (χ0v) is 33.6. The van der Waals surface area contributed by atoms with Gasteiger partial charge in [-0.05, 0) is 94.0 Å². The molecular weight excluding hydrogens is 763 g/mol. The van der Waals surface area contributed by atoms with Crippen LogP contribution in [0.4, 0.5) is 8.78 Å². The van der Waals surface area contributed by atoms with Crippen LogP contribution < -0.4 is 11.4 Å². The summed E-state index contributed by atoms with van der Waals surface area (Å²) in [5.74, 6) is -1.50. The van der Waals surface area contributed by atoms with Crippen molar-refractivity contribution >= 4 is 16.8 Å². The highest BCUT2D eigenvalue weighted by Gasteiger charge is 2.59. The molecule has 0 spiro atoms. The van der Waals surface area contributed by atoms with Gasteiger partial charge in [-0.25, -0.2) is 28.2 Å². The summed E-state index contributed by atoms with van der Waals surface area (Å²) < 4.78 is 48.6. The van der Waals surface area contributed by atoms with E-state index in [1.807, 2.05) is 36.6 Å². The molecule has 10 rings (SSSR count). The van der Waals surface area contributed by atoms with Crippen LogP contribution in [-0.4, -0.2) is 66.1 Å². The van der Waals surface area contributed by atoms with Crippen molar-refractivity contribution in [3.05, 3.63) is 127 Å². The Morgan fingerprint density at radius 3 is 2.29 bits per heavy atom. The van der Waals surface area contributed by atoms with E-state index in [0.29, 0.717) is 64.8 Å². The van der Waals surface area contributed by atoms with Crippen LogP contribution in [0.15, 0.2) is 69.2 Å². The van der Waals surface area contributed by atoms with Gasteiger partial charge in [0.15, 0.2) is 11.6 Å². The molecule has 1 saturated carbocycles. The van der Waals surface area contributed by atoms with Crippen molar-refractivity contribution in [1.82, 2.24) is 48.1 Å². The summed E-state index contributed by atoms with van der Waals surface area (Å²) in [5, 5.41) is 9.97. The lowest BCUT2D eigenvalue weighted by Crippen LogP contribution is -2.41. The van der Waals surface area contributed by atoms with Crippen molar-refractivity contribution in [2.75, 3.05) is 6.54 Å². The topological polar surface area (TPSA) is 156 Å². The Bertz CT molecular complexity index is 2960. The van der Waals surface area contributed by atoms with Gasteiger partial charge < -0.3 is 18.8 Å². The van der Waals surface area contributed by atoms with E-state index in [9.17, 15) is 18.4 Å². The number of aromatic amines is 1. The van der Waals surface area contributed by atoms with Crippen molar-refractivity contribution in [2.24, 2.45) is 13.0 Å².